The molecule has 0 unspecified atom stereocenters. The van der Waals surface area contributed by atoms with Gasteiger partial charge < -0.3 is 14.6 Å². The quantitative estimate of drug-likeness (QED) is 0.827. The summed E-state index contributed by atoms with van der Waals surface area (Å²) in [6.07, 6.45) is 0.651. The van der Waals surface area contributed by atoms with Gasteiger partial charge in [-0.15, -0.1) is 0 Å². The molecule has 0 aliphatic rings. The Hall–Kier alpha value is -1.72. The lowest BCUT2D eigenvalue weighted by atomic mass is 10.1. The predicted octanol–water partition coefficient (Wildman–Crippen LogP) is 2.11. The Morgan fingerprint density at radius 1 is 1.32 bits per heavy atom. The number of ether oxygens (including phenoxy) is 1. The van der Waals surface area contributed by atoms with Gasteiger partial charge in [-0.2, -0.15) is 4.98 Å². The fourth-order valence-electron chi connectivity index (χ4n) is 1.76. The summed E-state index contributed by atoms with van der Waals surface area (Å²) in [4.78, 5) is 4.29. The molecule has 0 spiro atoms. The highest BCUT2D eigenvalue weighted by atomic mass is 16.5. The fraction of sp³-hybridized carbons (Fsp3) is 0.429. The average Bonchev–Trinajstić information content (AvgIpc) is 2.91. The summed E-state index contributed by atoms with van der Waals surface area (Å²) in [5, 5.41) is 7.30. The zero-order chi connectivity index (χ0) is 13.5. The highest BCUT2D eigenvalue weighted by molar-refractivity contribution is 5.18. The number of hydrogen-bond acceptors (Lipinski definition) is 5. The standard InChI is InChI=1S/C14H19N3O2/c1-11(12-6-4-3-5-7-12)15-10-13-16-14(19-17-13)8-9-18-2/h3-7,11,15H,8-10H2,1-2H3/t11-/m0/s1. The van der Waals surface area contributed by atoms with Gasteiger partial charge >= 0.3 is 0 Å². The summed E-state index contributed by atoms with van der Waals surface area (Å²) in [6, 6.07) is 10.5. The Balaban J connectivity index is 1.83. The van der Waals surface area contributed by atoms with Gasteiger partial charge in [0.25, 0.3) is 0 Å². The summed E-state index contributed by atoms with van der Waals surface area (Å²) in [6.45, 7) is 3.29. The minimum Gasteiger partial charge on any atom is -0.384 e. The lowest BCUT2D eigenvalue weighted by molar-refractivity contribution is 0.192. The van der Waals surface area contributed by atoms with E-state index in [2.05, 4.69) is 34.5 Å². The van der Waals surface area contributed by atoms with E-state index in [1.165, 1.54) is 5.56 Å². The molecule has 0 saturated carbocycles. The first-order valence-electron chi connectivity index (χ1n) is 6.38. The van der Waals surface area contributed by atoms with Gasteiger partial charge in [0.1, 0.15) is 0 Å². The third kappa shape index (κ3) is 4.15. The van der Waals surface area contributed by atoms with Crippen LogP contribution in [0.2, 0.25) is 0 Å². The number of aromatic nitrogens is 2. The van der Waals surface area contributed by atoms with E-state index in [-0.39, 0.29) is 6.04 Å². The van der Waals surface area contributed by atoms with Gasteiger partial charge in [-0.3, -0.25) is 0 Å². The summed E-state index contributed by atoms with van der Waals surface area (Å²) >= 11 is 0. The second kappa shape index (κ2) is 7.01. The Morgan fingerprint density at radius 2 is 2.11 bits per heavy atom. The fourth-order valence-corrected chi connectivity index (χ4v) is 1.76. The summed E-state index contributed by atoms with van der Waals surface area (Å²) in [7, 11) is 1.65. The van der Waals surface area contributed by atoms with Crippen LogP contribution >= 0.6 is 0 Å². The third-order valence-corrected chi connectivity index (χ3v) is 2.90. The molecule has 102 valence electrons. The molecule has 0 amide bonds. The maximum absolute atomic E-state index is 5.12. The zero-order valence-electron chi connectivity index (χ0n) is 11.3. The highest BCUT2D eigenvalue weighted by Crippen LogP contribution is 2.11. The first-order valence-corrected chi connectivity index (χ1v) is 6.38. The molecule has 0 radical (unpaired) electrons. The van der Waals surface area contributed by atoms with Crippen molar-refractivity contribution < 1.29 is 9.26 Å². The van der Waals surface area contributed by atoms with E-state index in [4.69, 9.17) is 9.26 Å². The molecule has 0 aliphatic heterocycles. The monoisotopic (exact) mass is 261 g/mol. The average molecular weight is 261 g/mol. The van der Waals surface area contributed by atoms with Crippen molar-refractivity contribution in [3.63, 3.8) is 0 Å². The number of hydrogen-bond donors (Lipinski definition) is 1. The summed E-state index contributed by atoms with van der Waals surface area (Å²) < 4.78 is 10.1. The Morgan fingerprint density at radius 3 is 2.84 bits per heavy atom. The van der Waals surface area contributed by atoms with Crippen molar-refractivity contribution in [2.75, 3.05) is 13.7 Å². The maximum Gasteiger partial charge on any atom is 0.229 e. The van der Waals surface area contributed by atoms with E-state index in [0.29, 0.717) is 31.3 Å². The second-order valence-electron chi connectivity index (χ2n) is 4.36. The molecule has 2 rings (SSSR count). The minimum absolute atomic E-state index is 0.252. The van der Waals surface area contributed by atoms with Crippen LogP contribution < -0.4 is 5.32 Å². The summed E-state index contributed by atoms with van der Waals surface area (Å²) in [5.74, 6) is 1.29. The number of nitrogens with one attached hydrogen (secondary N) is 1. The molecular formula is C14H19N3O2. The Labute approximate surface area is 113 Å². The number of methoxy groups -OCH3 is 1. The molecule has 1 heterocycles. The normalized spacial score (nSPS) is 12.5. The molecule has 0 fully saturated rings. The number of nitrogens with zero attached hydrogens (tertiary/aromatic N) is 2. The van der Waals surface area contributed by atoms with Crippen LogP contribution in [0.4, 0.5) is 0 Å². The molecule has 0 aliphatic carbocycles. The SMILES string of the molecule is COCCc1nc(CN[C@@H](C)c2ccccc2)no1. The van der Waals surface area contributed by atoms with E-state index < -0.39 is 0 Å². The van der Waals surface area contributed by atoms with Crippen LogP contribution in [-0.4, -0.2) is 23.9 Å². The van der Waals surface area contributed by atoms with Gasteiger partial charge in [0.15, 0.2) is 5.82 Å². The molecule has 1 N–H and O–H groups in total. The van der Waals surface area contributed by atoms with Crippen molar-refractivity contribution >= 4 is 0 Å². The molecule has 5 heteroatoms. The van der Waals surface area contributed by atoms with Gasteiger partial charge in [0, 0.05) is 13.2 Å². The molecule has 0 bridgehead atoms. The van der Waals surface area contributed by atoms with Crippen LogP contribution in [0.25, 0.3) is 0 Å². The van der Waals surface area contributed by atoms with Crippen molar-refractivity contribution in [3.8, 4) is 0 Å². The Bertz CT molecular complexity index is 484. The first kappa shape index (κ1) is 13.7. The molecule has 0 saturated heterocycles. The zero-order valence-corrected chi connectivity index (χ0v) is 11.3. The predicted molar refractivity (Wildman–Crippen MR) is 71.6 cm³/mol. The van der Waals surface area contributed by atoms with Gasteiger partial charge in [-0.05, 0) is 12.5 Å². The van der Waals surface area contributed by atoms with Gasteiger partial charge in [-0.1, -0.05) is 35.5 Å². The van der Waals surface area contributed by atoms with E-state index in [9.17, 15) is 0 Å². The van der Waals surface area contributed by atoms with Gasteiger partial charge in [0.05, 0.1) is 19.6 Å². The topological polar surface area (TPSA) is 60.2 Å². The smallest absolute Gasteiger partial charge is 0.229 e. The second-order valence-corrected chi connectivity index (χ2v) is 4.36. The molecular weight excluding hydrogens is 242 g/mol. The van der Waals surface area contributed by atoms with Crippen molar-refractivity contribution in [1.82, 2.24) is 15.5 Å². The van der Waals surface area contributed by atoms with Crippen LogP contribution in [0, 0.1) is 0 Å². The van der Waals surface area contributed by atoms with Crippen LogP contribution in [0.1, 0.15) is 30.2 Å². The van der Waals surface area contributed by atoms with E-state index >= 15 is 0 Å². The van der Waals surface area contributed by atoms with E-state index in [1.54, 1.807) is 7.11 Å². The molecule has 1 aromatic carbocycles. The molecule has 19 heavy (non-hydrogen) atoms. The number of rotatable bonds is 7. The lowest BCUT2D eigenvalue weighted by Crippen LogP contribution is -2.18. The van der Waals surface area contributed by atoms with Gasteiger partial charge in [-0.25, -0.2) is 0 Å². The van der Waals surface area contributed by atoms with Crippen LogP contribution in [0.5, 0.6) is 0 Å². The first-order chi connectivity index (χ1) is 9.29. The lowest BCUT2D eigenvalue weighted by Gasteiger charge is -2.12. The van der Waals surface area contributed by atoms with Crippen LogP contribution in [0.3, 0.4) is 0 Å². The van der Waals surface area contributed by atoms with Gasteiger partial charge in [0.2, 0.25) is 5.89 Å². The minimum atomic E-state index is 0.252. The highest BCUT2D eigenvalue weighted by Gasteiger charge is 2.08. The van der Waals surface area contributed by atoms with Crippen molar-refractivity contribution in [3.05, 3.63) is 47.6 Å². The van der Waals surface area contributed by atoms with Crippen molar-refractivity contribution in [2.24, 2.45) is 0 Å². The molecule has 1 aromatic heterocycles. The molecule has 1 atom stereocenters. The van der Waals surface area contributed by atoms with Crippen molar-refractivity contribution in [1.29, 1.82) is 0 Å². The molecule has 5 nitrogen and oxygen atoms in total. The third-order valence-electron chi connectivity index (χ3n) is 2.90. The number of benzene rings is 1. The largest absolute Gasteiger partial charge is 0.384 e. The van der Waals surface area contributed by atoms with E-state index in [0.717, 1.165) is 0 Å². The van der Waals surface area contributed by atoms with Crippen LogP contribution in [-0.2, 0) is 17.7 Å². The summed E-state index contributed by atoms with van der Waals surface area (Å²) in [5.41, 5.74) is 1.24. The Kier molecular flexibility index (Phi) is 5.06. The van der Waals surface area contributed by atoms with Crippen LogP contribution in [0.15, 0.2) is 34.9 Å². The molecule has 2 aromatic rings. The maximum atomic E-state index is 5.12. The van der Waals surface area contributed by atoms with E-state index in [1.807, 2.05) is 18.2 Å². The van der Waals surface area contributed by atoms with Crippen molar-refractivity contribution in [2.45, 2.75) is 25.9 Å².